The number of carbonyl (C=O) groups excluding carboxylic acids is 4. The monoisotopic (exact) mass is 486 g/mol. The van der Waals surface area contributed by atoms with Crippen LogP contribution >= 0.6 is 22.7 Å². The molecule has 0 radical (unpaired) electrons. The average molecular weight is 487 g/mol. The minimum absolute atomic E-state index is 0.0946. The number of hydrogen-bond acceptors (Lipinski definition) is 6. The number of ketones is 2. The highest BCUT2D eigenvalue weighted by molar-refractivity contribution is 7.10. The molecule has 5 rings (SSSR count). The fraction of sp³-hybridized carbons (Fsp3) is 0.0769. The van der Waals surface area contributed by atoms with Crippen LogP contribution in [0, 0.1) is 0 Å². The SMILES string of the molecule is O=C(Cc1cccs1)Nc1ccc(NC(=O)Cc2cccs2)c2c1C(=O)c1ccccc1C2=O. The van der Waals surface area contributed by atoms with Crippen LogP contribution in [0.25, 0.3) is 0 Å². The van der Waals surface area contributed by atoms with Crippen molar-refractivity contribution in [3.05, 3.63) is 103 Å². The van der Waals surface area contributed by atoms with Crippen molar-refractivity contribution < 1.29 is 19.2 Å². The molecule has 2 heterocycles. The van der Waals surface area contributed by atoms with Crippen molar-refractivity contribution in [1.29, 1.82) is 0 Å². The van der Waals surface area contributed by atoms with Gasteiger partial charge in [0, 0.05) is 20.9 Å². The van der Waals surface area contributed by atoms with E-state index in [1.807, 2.05) is 35.0 Å². The zero-order chi connectivity index (χ0) is 23.7. The van der Waals surface area contributed by atoms with E-state index in [1.54, 1.807) is 36.4 Å². The summed E-state index contributed by atoms with van der Waals surface area (Å²) in [7, 11) is 0. The van der Waals surface area contributed by atoms with E-state index in [-0.39, 0.29) is 69.9 Å². The Kier molecular flexibility index (Phi) is 5.91. The predicted molar refractivity (Wildman–Crippen MR) is 133 cm³/mol. The van der Waals surface area contributed by atoms with Gasteiger partial charge in [-0.2, -0.15) is 0 Å². The minimum Gasteiger partial charge on any atom is -0.325 e. The molecular weight excluding hydrogens is 468 g/mol. The molecule has 1 aliphatic rings. The van der Waals surface area contributed by atoms with Gasteiger partial charge >= 0.3 is 0 Å². The molecule has 34 heavy (non-hydrogen) atoms. The van der Waals surface area contributed by atoms with Gasteiger partial charge in [0.2, 0.25) is 11.8 Å². The van der Waals surface area contributed by atoms with Crippen LogP contribution in [-0.4, -0.2) is 23.4 Å². The number of benzene rings is 2. The van der Waals surface area contributed by atoms with E-state index < -0.39 is 0 Å². The summed E-state index contributed by atoms with van der Waals surface area (Å²) < 4.78 is 0. The van der Waals surface area contributed by atoms with Gasteiger partial charge in [-0.1, -0.05) is 36.4 Å². The Hall–Kier alpha value is -3.88. The second kappa shape index (κ2) is 9.17. The molecule has 0 saturated carbocycles. The molecule has 0 atom stereocenters. The molecule has 0 unspecified atom stereocenters. The highest BCUT2D eigenvalue weighted by atomic mass is 32.1. The van der Waals surface area contributed by atoms with Crippen molar-refractivity contribution in [3.63, 3.8) is 0 Å². The van der Waals surface area contributed by atoms with Gasteiger partial charge in [-0.3, -0.25) is 19.2 Å². The van der Waals surface area contributed by atoms with Gasteiger partial charge < -0.3 is 10.6 Å². The van der Waals surface area contributed by atoms with Gasteiger partial charge in [0.15, 0.2) is 11.6 Å². The van der Waals surface area contributed by atoms with E-state index in [0.717, 1.165) is 9.75 Å². The zero-order valence-corrected chi connectivity index (χ0v) is 19.4. The largest absolute Gasteiger partial charge is 0.325 e. The smallest absolute Gasteiger partial charge is 0.229 e. The second-order valence-electron chi connectivity index (χ2n) is 7.72. The quantitative estimate of drug-likeness (QED) is 0.355. The van der Waals surface area contributed by atoms with Crippen LogP contribution in [-0.2, 0) is 22.4 Å². The fourth-order valence-electron chi connectivity index (χ4n) is 3.96. The molecule has 8 heteroatoms. The van der Waals surface area contributed by atoms with Crippen molar-refractivity contribution in [2.45, 2.75) is 12.8 Å². The molecule has 4 aromatic rings. The first-order chi connectivity index (χ1) is 16.5. The lowest BCUT2D eigenvalue weighted by Gasteiger charge is -2.23. The fourth-order valence-corrected chi connectivity index (χ4v) is 5.37. The van der Waals surface area contributed by atoms with Crippen molar-refractivity contribution in [3.8, 4) is 0 Å². The van der Waals surface area contributed by atoms with E-state index in [1.165, 1.54) is 22.7 Å². The molecule has 1 aliphatic carbocycles. The number of carbonyl (C=O) groups is 4. The van der Waals surface area contributed by atoms with E-state index in [9.17, 15) is 19.2 Å². The Labute approximate surface area is 203 Å². The second-order valence-corrected chi connectivity index (χ2v) is 9.79. The first-order valence-electron chi connectivity index (χ1n) is 10.5. The summed E-state index contributed by atoms with van der Waals surface area (Å²) in [5.41, 5.74) is 1.24. The number of fused-ring (bicyclic) bond motifs is 2. The van der Waals surface area contributed by atoms with Gasteiger partial charge in [-0.15, -0.1) is 22.7 Å². The summed E-state index contributed by atoms with van der Waals surface area (Å²) in [6, 6.07) is 17.1. The maximum absolute atomic E-state index is 13.5. The number of rotatable bonds is 6. The predicted octanol–water partition coefficient (Wildman–Crippen LogP) is 4.95. The lowest BCUT2D eigenvalue weighted by atomic mass is 9.82. The molecule has 168 valence electrons. The van der Waals surface area contributed by atoms with E-state index in [2.05, 4.69) is 10.6 Å². The van der Waals surface area contributed by atoms with Crippen LogP contribution < -0.4 is 10.6 Å². The number of hydrogen-bond donors (Lipinski definition) is 2. The van der Waals surface area contributed by atoms with Crippen LogP contribution in [0.5, 0.6) is 0 Å². The number of nitrogens with one attached hydrogen (secondary N) is 2. The number of amides is 2. The van der Waals surface area contributed by atoms with Crippen molar-refractivity contribution >= 4 is 57.4 Å². The summed E-state index contributed by atoms with van der Waals surface area (Å²) in [5.74, 6) is -1.33. The summed E-state index contributed by atoms with van der Waals surface area (Å²) in [6.45, 7) is 0. The molecule has 2 amide bonds. The third-order valence-corrected chi connectivity index (χ3v) is 7.21. The molecule has 2 aromatic heterocycles. The molecule has 0 spiro atoms. The van der Waals surface area contributed by atoms with Gasteiger partial charge in [0.1, 0.15) is 0 Å². The average Bonchev–Trinajstić information content (AvgIpc) is 3.52. The van der Waals surface area contributed by atoms with E-state index in [0.29, 0.717) is 0 Å². The molecule has 6 nitrogen and oxygen atoms in total. The third-order valence-electron chi connectivity index (χ3n) is 5.45. The van der Waals surface area contributed by atoms with Gasteiger partial charge in [0.05, 0.1) is 35.3 Å². The summed E-state index contributed by atoms with van der Waals surface area (Å²) in [5, 5.41) is 9.35. The van der Waals surface area contributed by atoms with Gasteiger partial charge in [-0.05, 0) is 35.0 Å². The first kappa shape index (κ1) is 21.9. The first-order valence-corrected chi connectivity index (χ1v) is 12.3. The van der Waals surface area contributed by atoms with Crippen molar-refractivity contribution in [2.24, 2.45) is 0 Å². The Bertz CT molecular complexity index is 1320. The highest BCUT2D eigenvalue weighted by Gasteiger charge is 2.34. The molecule has 2 aromatic carbocycles. The minimum atomic E-state index is -0.369. The van der Waals surface area contributed by atoms with Gasteiger partial charge in [-0.25, -0.2) is 0 Å². The van der Waals surface area contributed by atoms with Crippen LogP contribution in [0.4, 0.5) is 11.4 Å². The lowest BCUT2D eigenvalue weighted by Crippen LogP contribution is -2.26. The number of thiophene rings is 2. The van der Waals surface area contributed by atoms with Crippen molar-refractivity contribution in [2.75, 3.05) is 10.6 Å². The molecule has 0 saturated heterocycles. The van der Waals surface area contributed by atoms with Crippen LogP contribution in [0.15, 0.2) is 71.4 Å². The molecular formula is C26H18N2O4S2. The topological polar surface area (TPSA) is 92.3 Å². The molecule has 2 N–H and O–H groups in total. The standard InChI is InChI=1S/C26H18N2O4S2/c29-21(13-15-5-3-11-33-15)27-19-9-10-20(28-22(30)14-16-6-4-12-34-16)24-23(19)25(31)17-7-1-2-8-18(17)26(24)32/h1-12H,13-14H2,(H,27,29)(H,28,30). The van der Waals surface area contributed by atoms with Crippen LogP contribution in [0.1, 0.15) is 41.6 Å². The van der Waals surface area contributed by atoms with E-state index >= 15 is 0 Å². The third kappa shape index (κ3) is 4.21. The van der Waals surface area contributed by atoms with Crippen LogP contribution in [0.3, 0.4) is 0 Å². The number of anilines is 2. The maximum Gasteiger partial charge on any atom is 0.229 e. The van der Waals surface area contributed by atoms with Crippen molar-refractivity contribution in [1.82, 2.24) is 0 Å². The Morgan fingerprint density at radius 1 is 0.618 bits per heavy atom. The summed E-state index contributed by atoms with van der Waals surface area (Å²) >= 11 is 2.93. The lowest BCUT2D eigenvalue weighted by molar-refractivity contribution is -0.116. The Morgan fingerprint density at radius 3 is 1.44 bits per heavy atom. The van der Waals surface area contributed by atoms with E-state index in [4.69, 9.17) is 0 Å². The molecule has 0 aliphatic heterocycles. The van der Waals surface area contributed by atoms with Crippen LogP contribution in [0.2, 0.25) is 0 Å². The highest BCUT2D eigenvalue weighted by Crippen LogP contribution is 2.36. The zero-order valence-electron chi connectivity index (χ0n) is 17.8. The van der Waals surface area contributed by atoms with Gasteiger partial charge in [0.25, 0.3) is 0 Å². The normalized spacial score (nSPS) is 12.1. The Morgan fingerprint density at radius 2 is 1.06 bits per heavy atom. The molecule has 0 fully saturated rings. The molecule has 0 bridgehead atoms. The summed E-state index contributed by atoms with van der Waals surface area (Å²) in [6.07, 6.45) is 0.314. The maximum atomic E-state index is 13.5. The Balaban J connectivity index is 1.52. The summed E-state index contributed by atoms with van der Waals surface area (Å²) in [4.78, 5) is 54.0.